The van der Waals surface area contributed by atoms with Crippen LogP contribution in [0.3, 0.4) is 0 Å². The van der Waals surface area contributed by atoms with Crippen LogP contribution in [-0.2, 0) is 9.59 Å². The van der Waals surface area contributed by atoms with Crippen LogP contribution in [0.25, 0.3) is 27.5 Å². The van der Waals surface area contributed by atoms with Crippen LogP contribution in [0.2, 0.25) is 0 Å². The van der Waals surface area contributed by atoms with Gasteiger partial charge in [0.2, 0.25) is 0 Å². The van der Waals surface area contributed by atoms with Gasteiger partial charge in [0.25, 0.3) is 5.91 Å². The molecule has 1 amide bonds. The van der Waals surface area contributed by atoms with E-state index in [4.69, 9.17) is 6.42 Å². The molecular weight excluding hydrogens is 358 g/mol. The predicted octanol–water partition coefficient (Wildman–Crippen LogP) is 4.19. The summed E-state index contributed by atoms with van der Waals surface area (Å²) in [5.41, 5.74) is 5.13. The number of nitrogens with zero attached hydrogens (tertiary/aromatic N) is 1. The second-order valence-electron chi connectivity index (χ2n) is 7.27. The van der Waals surface area contributed by atoms with Crippen molar-refractivity contribution in [2.45, 2.75) is 0 Å². The fourth-order valence-corrected chi connectivity index (χ4v) is 4.38. The summed E-state index contributed by atoms with van der Waals surface area (Å²) < 4.78 is 0. The van der Waals surface area contributed by atoms with E-state index in [-0.39, 0.29) is 23.8 Å². The maximum Gasteiger partial charge on any atom is 0.259 e. The van der Waals surface area contributed by atoms with Gasteiger partial charge in [-0.05, 0) is 27.5 Å². The van der Waals surface area contributed by atoms with Crippen LogP contribution < -0.4 is 0 Å². The molecule has 0 radical (unpaired) electrons. The van der Waals surface area contributed by atoms with E-state index in [0.717, 1.165) is 38.6 Å². The van der Waals surface area contributed by atoms with Gasteiger partial charge in [-0.2, -0.15) is 0 Å². The van der Waals surface area contributed by atoms with Crippen LogP contribution in [0.5, 0.6) is 0 Å². The Morgan fingerprint density at radius 3 is 2.21 bits per heavy atom. The number of allylic oxidation sites excluding steroid dienone is 3. The Bertz CT molecular complexity index is 1310. The highest BCUT2D eigenvalue weighted by molar-refractivity contribution is 6.56. The van der Waals surface area contributed by atoms with Crippen molar-refractivity contribution in [2.24, 2.45) is 0 Å². The molecule has 3 heteroatoms. The van der Waals surface area contributed by atoms with Crippen molar-refractivity contribution < 1.29 is 9.59 Å². The van der Waals surface area contributed by atoms with Crippen molar-refractivity contribution in [1.29, 1.82) is 0 Å². The topological polar surface area (TPSA) is 37.4 Å². The van der Waals surface area contributed by atoms with Crippen molar-refractivity contribution in [2.75, 3.05) is 13.6 Å². The number of hydrogen-bond donors (Lipinski definition) is 0. The van der Waals surface area contributed by atoms with Crippen LogP contribution in [0.4, 0.5) is 0 Å². The SMILES string of the molecule is C#CCN(C)C(=O)C1=C2C(=C(c3ccccc3)C1=O)c1cccc3cccc2c13. The summed E-state index contributed by atoms with van der Waals surface area (Å²) in [4.78, 5) is 28.3. The van der Waals surface area contributed by atoms with E-state index in [2.05, 4.69) is 18.1 Å². The molecule has 0 aliphatic heterocycles. The highest BCUT2D eigenvalue weighted by Crippen LogP contribution is 2.54. The highest BCUT2D eigenvalue weighted by atomic mass is 16.2. The standard InChI is InChI=1S/C26H17NO2/c1-3-15-27(2)26(29)24-23-19-14-8-12-16-11-7-13-18(20(16)19)22(23)21(25(24)28)17-9-5-4-6-10-17/h1,4-14H,15H2,2H3. The lowest BCUT2D eigenvalue weighted by atomic mass is 9.95. The molecule has 138 valence electrons. The molecule has 2 aliphatic rings. The third-order valence-corrected chi connectivity index (χ3v) is 5.60. The lowest BCUT2D eigenvalue weighted by Gasteiger charge is -2.15. The van der Waals surface area contributed by atoms with Crippen molar-refractivity contribution in [3.05, 3.63) is 89.0 Å². The van der Waals surface area contributed by atoms with Gasteiger partial charge in [0.1, 0.15) is 0 Å². The Labute approximate surface area is 169 Å². The molecule has 3 aromatic carbocycles. The molecule has 0 aromatic heterocycles. The fourth-order valence-electron chi connectivity index (χ4n) is 4.38. The third kappa shape index (κ3) is 2.33. The molecule has 3 nitrogen and oxygen atoms in total. The zero-order chi connectivity index (χ0) is 20.1. The number of benzene rings is 3. The Kier molecular flexibility index (Phi) is 3.75. The first-order valence-electron chi connectivity index (χ1n) is 9.44. The average Bonchev–Trinajstić information content (AvgIpc) is 3.22. The molecule has 0 bridgehead atoms. The normalized spacial score (nSPS) is 14.4. The molecule has 0 atom stereocenters. The number of carbonyl (C=O) groups excluding carboxylic acids is 2. The molecule has 5 rings (SSSR count). The minimum atomic E-state index is -0.337. The van der Waals surface area contributed by atoms with Crippen LogP contribution in [0.15, 0.2) is 72.3 Å². The number of fused-ring (bicyclic) bond motifs is 3. The van der Waals surface area contributed by atoms with E-state index in [1.54, 1.807) is 7.05 Å². The monoisotopic (exact) mass is 375 g/mol. The van der Waals surface area contributed by atoms with Crippen molar-refractivity contribution in [3.8, 4) is 12.3 Å². The van der Waals surface area contributed by atoms with Gasteiger partial charge in [0.05, 0.1) is 12.1 Å². The van der Waals surface area contributed by atoms with E-state index < -0.39 is 0 Å². The van der Waals surface area contributed by atoms with E-state index in [9.17, 15) is 9.59 Å². The molecule has 0 heterocycles. The number of likely N-dealkylation sites (N-methyl/N-ethyl adjacent to an activating group) is 1. The molecule has 3 aromatic rings. The van der Waals surface area contributed by atoms with E-state index in [1.165, 1.54) is 4.90 Å². The Morgan fingerprint density at radius 2 is 1.55 bits per heavy atom. The summed E-state index contributed by atoms with van der Waals surface area (Å²) in [5.74, 6) is 1.91. The first kappa shape index (κ1) is 17.2. The second-order valence-corrected chi connectivity index (χ2v) is 7.27. The summed E-state index contributed by atoms with van der Waals surface area (Å²) in [6, 6.07) is 21.7. The van der Waals surface area contributed by atoms with E-state index in [0.29, 0.717) is 5.57 Å². The molecule has 0 fully saturated rings. The van der Waals surface area contributed by atoms with Gasteiger partial charge < -0.3 is 4.90 Å². The van der Waals surface area contributed by atoms with Gasteiger partial charge in [-0.1, -0.05) is 72.7 Å². The van der Waals surface area contributed by atoms with Crippen LogP contribution >= 0.6 is 0 Å². The quantitative estimate of drug-likeness (QED) is 0.508. The predicted molar refractivity (Wildman–Crippen MR) is 116 cm³/mol. The molecular formula is C26H17NO2. The summed E-state index contributed by atoms with van der Waals surface area (Å²) in [6.45, 7) is 0.149. The minimum absolute atomic E-state index is 0.149. The molecule has 2 aliphatic carbocycles. The molecule has 0 saturated carbocycles. The number of rotatable bonds is 3. The van der Waals surface area contributed by atoms with E-state index in [1.807, 2.05) is 54.6 Å². The Morgan fingerprint density at radius 1 is 0.897 bits per heavy atom. The van der Waals surface area contributed by atoms with Crippen molar-refractivity contribution >= 4 is 39.2 Å². The smallest absolute Gasteiger partial charge is 0.259 e. The maximum atomic E-state index is 13.6. The van der Waals surface area contributed by atoms with Crippen LogP contribution in [0.1, 0.15) is 16.7 Å². The van der Waals surface area contributed by atoms with Crippen molar-refractivity contribution in [3.63, 3.8) is 0 Å². The zero-order valence-corrected chi connectivity index (χ0v) is 15.9. The first-order chi connectivity index (χ1) is 14.1. The van der Waals surface area contributed by atoms with Crippen LogP contribution in [0, 0.1) is 12.3 Å². The van der Waals surface area contributed by atoms with Gasteiger partial charge in [-0.15, -0.1) is 6.42 Å². The zero-order valence-electron chi connectivity index (χ0n) is 15.9. The maximum absolute atomic E-state index is 13.6. The van der Waals surface area contributed by atoms with Gasteiger partial charge in [0, 0.05) is 23.8 Å². The minimum Gasteiger partial charge on any atom is -0.330 e. The summed E-state index contributed by atoms with van der Waals surface area (Å²) in [6.07, 6.45) is 5.40. The Hall–Kier alpha value is -3.90. The molecule has 0 saturated heterocycles. The molecule has 29 heavy (non-hydrogen) atoms. The lowest BCUT2D eigenvalue weighted by Crippen LogP contribution is -2.31. The molecule has 0 unspecified atom stereocenters. The number of amides is 1. The van der Waals surface area contributed by atoms with Gasteiger partial charge in [0.15, 0.2) is 5.78 Å². The number of hydrogen-bond acceptors (Lipinski definition) is 2. The highest BCUT2D eigenvalue weighted by Gasteiger charge is 2.42. The first-order valence-corrected chi connectivity index (χ1v) is 9.44. The van der Waals surface area contributed by atoms with Gasteiger partial charge in [-0.3, -0.25) is 9.59 Å². The van der Waals surface area contributed by atoms with E-state index >= 15 is 0 Å². The Balaban J connectivity index is 1.86. The number of carbonyl (C=O) groups is 2. The lowest BCUT2D eigenvalue weighted by molar-refractivity contribution is -0.127. The fraction of sp³-hybridized carbons (Fsp3) is 0.0769. The number of terminal acetylenes is 1. The van der Waals surface area contributed by atoms with Crippen molar-refractivity contribution in [1.82, 2.24) is 4.90 Å². The summed E-state index contributed by atoms with van der Waals surface area (Å²) in [5, 5.41) is 2.18. The molecule has 0 spiro atoms. The van der Waals surface area contributed by atoms with Gasteiger partial charge in [-0.25, -0.2) is 0 Å². The summed E-state index contributed by atoms with van der Waals surface area (Å²) in [7, 11) is 1.63. The number of ketones is 1. The average molecular weight is 375 g/mol. The van der Waals surface area contributed by atoms with Crippen LogP contribution in [-0.4, -0.2) is 30.2 Å². The molecule has 0 N–H and O–H groups in total. The summed E-state index contributed by atoms with van der Waals surface area (Å²) >= 11 is 0. The number of Topliss-reactive ketones (excluding diaryl/α,β-unsaturated/α-hetero) is 1. The largest absolute Gasteiger partial charge is 0.330 e. The van der Waals surface area contributed by atoms with Gasteiger partial charge >= 0.3 is 0 Å². The second kappa shape index (κ2) is 6.32. The third-order valence-electron chi connectivity index (χ3n) is 5.60.